The van der Waals surface area contributed by atoms with Crippen LogP contribution in [-0.4, -0.2) is 35.0 Å². The molecule has 182 valence electrons. The summed E-state index contributed by atoms with van der Waals surface area (Å²) < 4.78 is 19.4. The van der Waals surface area contributed by atoms with Gasteiger partial charge in [-0.3, -0.25) is 4.79 Å². The van der Waals surface area contributed by atoms with Crippen molar-refractivity contribution in [3.63, 3.8) is 0 Å². The van der Waals surface area contributed by atoms with Gasteiger partial charge >= 0.3 is 5.97 Å². The lowest BCUT2D eigenvalue weighted by molar-refractivity contribution is -0.578. The van der Waals surface area contributed by atoms with Crippen LogP contribution in [0.15, 0.2) is 24.3 Å². The first-order valence-electron chi connectivity index (χ1n) is 12.0. The summed E-state index contributed by atoms with van der Waals surface area (Å²) in [5.41, 5.74) is 0.228. The summed E-state index contributed by atoms with van der Waals surface area (Å²) >= 11 is 6.07. The minimum Gasteiger partial charge on any atom is -0.481 e. The zero-order valence-electron chi connectivity index (χ0n) is 19.4. The number of ether oxygens (including phenoxy) is 3. The molecule has 0 radical (unpaired) electrons. The first-order valence-corrected chi connectivity index (χ1v) is 12.4. The van der Waals surface area contributed by atoms with Gasteiger partial charge in [-0.15, -0.1) is 0 Å². The molecule has 1 saturated carbocycles. The van der Waals surface area contributed by atoms with Gasteiger partial charge in [0.1, 0.15) is 0 Å². The molecule has 1 aliphatic carbocycles. The summed E-state index contributed by atoms with van der Waals surface area (Å²) in [6, 6.07) is 7.34. The number of benzene rings is 1. The van der Waals surface area contributed by atoms with Crippen molar-refractivity contribution in [2.75, 3.05) is 0 Å². The number of rotatable bonds is 6. The average molecular weight is 481 g/mol. The van der Waals surface area contributed by atoms with Crippen LogP contribution < -0.4 is 0 Å². The highest BCUT2D eigenvalue weighted by Gasteiger charge is 2.69. The van der Waals surface area contributed by atoms with Crippen LogP contribution in [0.1, 0.15) is 71.0 Å². The van der Waals surface area contributed by atoms with E-state index in [2.05, 4.69) is 13.8 Å². The quantitative estimate of drug-likeness (QED) is 0.540. The van der Waals surface area contributed by atoms with Gasteiger partial charge in [0.05, 0.1) is 6.10 Å². The molecule has 1 N–H and O–H groups in total. The lowest BCUT2D eigenvalue weighted by Crippen LogP contribution is -2.70. The van der Waals surface area contributed by atoms with Crippen molar-refractivity contribution in [3.05, 3.63) is 34.9 Å². The second kappa shape index (κ2) is 8.77. The summed E-state index contributed by atoms with van der Waals surface area (Å²) in [6.07, 6.45) is 2.56. The maximum atomic E-state index is 11.3. The van der Waals surface area contributed by atoms with Crippen LogP contribution in [0.5, 0.6) is 0 Å². The Balaban J connectivity index is 1.43. The van der Waals surface area contributed by atoms with E-state index in [9.17, 15) is 9.90 Å². The van der Waals surface area contributed by atoms with E-state index in [1.54, 1.807) is 12.1 Å². The molecule has 4 heterocycles. The van der Waals surface area contributed by atoms with Crippen LogP contribution in [0.2, 0.25) is 5.02 Å². The Kier molecular flexibility index (Phi) is 6.25. The van der Waals surface area contributed by atoms with E-state index in [-0.39, 0.29) is 24.2 Å². The highest BCUT2D eigenvalue weighted by Crippen LogP contribution is 2.60. The highest BCUT2D eigenvalue weighted by atomic mass is 35.5. The summed E-state index contributed by atoms with van der Waals surface area (Å²) in [5, 5.41) is 9.90. The first kappa shape index (κ1) is 23.5. The lowest BCUT2D eigenvalue weighted by atomic mass is 9.58. The maximum absolute atomic E-state index is 11.3. The van der Waals surface area contributed by atoms with E-state index in [1.807, 2.05) is 19.1 Å². The molecule has 3 unspecified atom stereocenters. The molecule has 4 saturated heterocycles. The Bertz CT molecular complexity index is 878. The molecule has 1 spiro atoms. The minimum atomic E-state index is -0.860. The number of fused-ring (bicyclic) bond motifs is 2. The van der Waals surface area contributed by atoms with Crippen LogP contribution in [-0.2, 0) is 28.8 Å². The molecule has 5 fully saturated rings. The molecule has 1 aromatic carbocycles. The number of halogens is 1. The Labute approximate surface area is 199 Å². The van der Waals surface area contributed by atoms with Crippen molar-refractivity contribution in [2.45, 2.75) is 89.4 Å². The summed E-state index contributed by atoms with van der Waals surface area (Å²) in [6.45, 7) is 6.32. The topological polar surface area (TPSA) is 83.5 Å². The van der Waals surface area contributed by atoms with E-state index in [4.69, 9.17) is 35.6 Å². The Morgan fingerprint density at radius 3 is 2.67 bits per heavy atom. The molecule has 6 rings (SSSR count). The number of carbonyl (C=O) groups is 1. The average Bonchev–Trinajstić information content (AvgIpc) is 3.01. The van der Waals surface area contributed by atoms with E-state index in [1.165, 1.54) is 0 Å². The normalized spacial score (nSPS) is 42.9. The second-order valence-electron chi connectivity index (χ2n) is 10.4. The number of hydrogen-bond acceptors (Lipinski definition) is 6. The van der Waals surface area contributed by atoms with Gasteiger partial charge in [-0.05, 0) is 62.1 Å². The molecule has 33 heavy (non-hydrogen) atoms. The van der Waals surface area contributed by atoms with Gasteiger partial charge in [-0.1, -0.05) is 37.6 Å². The van der Waals surface area contributed by atoms with E-state index in [0.29, 0.717) is 17.4 Å². The lowest BCUT2D eigenvalue weighted by Gasteiger charge is -2.60. The van der Waals surface area contributed by atoms with E-state index in [0.717, 1.165) is 31.2 Å². The van der Waals surface area contributed by atoms with Gasteiger partial charge in [-0.2, -0.15) is 0 Å². The standard InChI is InChI=1S/C25H33ClO7/c1-14-4-9-19-15(2)22(29-20(10-11-21(27)28)16-5-7-17(26)8-6-16)30-23-25(19)18(14)12-13-24(3,31-23)32-33-25/h5-8,14-15,18-20,22-23H,4,9-13H2,1-3H3,(H,27,28)/t14-,15-,18+,19?,20?,22?,23-,24+,25-/m1/s1. The Morgan fingerprint density at radius 1 is 1.18 bits per heavy atom. The summed E-state index contributed by atoms with van der Waals surface area (Å²) in [4.78, 5) is 23.4. The monoisotopic (exact) mass is 480 g/mol. The molecule has 2 bridgehead atoms. The fourth-order valence-corrected chi connectivity index (χ4v) is 6.56. The van der Waals surface area contributed by atoms with Crippen molar-refractivity contribution in [1.29, 1.82) is 0 Å². The van der Waals surface area contributed by atoms with Crippen LogP contribution in [0.4, 0.5) is 0 Å². The zero-order chi connectivity index (χ0) is 23.4. The number of carboxylic acids is 1. The van der Waals surface area contributed by atoms with Gasteiger partial charge in [0, 0.05) is 29.7 Å². The summed E-state index contributed by atoms with van der Waals surface area (Å²) in [7, 11) is 0. The predicted octanol–water partition coefficient (Wildman–Crippen LogP) is 5.47. The van der Waals surface area contributed by atoms with Crippen LogP contribution in [0.3, 0.4) is 0 Å². The molecular weight excluding hydrogens is 448 g/mol. The predicted molar refractivity (Wildman–Crippen MR) is 119 cm³/mol. The summed E-state index contributed by atoms with van der Waals surface area (Å²) in [5.74, 6) is -0.765. The van der Waals surface area contributed by atoms with Crippen molar-refractivity contribution in [1.82, 2.24) is 0 Å². The molecule has 0 amide bonds. The largest absolute Gasteiger partial charge is 0.481 e. The molecule has 9 atom stereocenters. The first-order chi connectivity index (χ1) is 15.7. The van der Waals surface area contributed by atoms with Crippen molar-refractivity contribution >= 4 is 17.6 Å². The number of hydrogen-bond donors (Lipinski definition) is 1. The van der Waals surface area contributed by atoms with Crippen LogP contribution in [0.25, 0.3) is 0 Å². The van der Waals surface area contributed by atoms with Crippen LogP contribution >= 0.6 is 11.6 Å². The fraction of sp³-hybridized carbons (Fsp3) is 0.720. The molecular formula is C25H33ClO7. The fourth-order valence-electron chi connectivity index (χ4n) is 6.43. The minimum absolute atomic E-state index is 0.00367. The van der Waals surface area contributed by atoms with Gasteiger partial charge in [-0.25, -0.2) is 9.78 Å². The van der Waals surface area contributed by atoms with E-state index < -0.39 is 36.0 Å². The SMILES string of the molecule is C[C@H]1C(OC(CCC(=O)O)c2ccc(Cl)cc2)O[C@@H]2O[C@]3(C)CC[C@H]4[C@H](C)CCC1[C@@]24OO3. The Hall–Kier alpha value is -1.22. The van der Waals surface area contributed by atoms with Crippen LogP contribution in [0, 0.1) is 23.7 Å². The van der Waals surface area contributed by atoms with Gasteiger partial charge in [0.25, 0.3) is 0 Å². The molecule has 5 aliphatic rings. The highest BCUT2D eigenvalue weighted by molar-refractivity contribution is 6.30. The van der Waals surface area contributed by atoms with Crippen molar-refractivity contribution in [3.8, 4) is 0 Å². The number of aliphatic carboxylic acids is 1. The van der Waals surface area contributed by atoms with Gasteiger partial charge in [0.15, 0.2) is 18.2 Å². The second-order valence-corrected chi connectivity index (χ2v) is 10.8. The van der Waals surface area contributed by atoms with E-state index >= 15 is 0 Å². The third-order valence-corrected chi connectivity index (χ3v) is 8.51. The van der Waals surface area contributed by atoms with Crippen molar-refractivity contribution < 1.29 is 33.9 Å². The molecule has 7 nitrogen and oxygen atoms in total. The van der Waals surface area contributed by atoms with Gasteiger partial charge < -0.3 is 19.3 Å². The number of carboxylic acid groups (broad SMARTS) is 1. The molecule has 1 aromatic rings. The third kappa shape index (κ3) is 4.11. The van der Waals surface area contributed by atoms with Crippen molar-refractivity contribution in [2.24, 2.45) is 23.7 Å². The van der Waals surface area contributed by atoms with Gasteiger partial charge in [0.2, 0.25) is 5.79 Å². The maximum Gasteiger partial charge on any atom is 0.303 e. The third-order valence-electron chi connectivity index (χ3n) is 8.26. The Morgan fingerprint density at radius 2 is 1.94 bits per heavy atom. The zero-order valence-corrected chi connectivity index (χ0v) is 20.1. The molecule has 8 heteroatoms. The molecule has 4 aliphatic heterocycles. The molecule has 0 aromatic heterocycles. The smallest absolute Gasteiger partial charge is 0.303 e.